The van der Waals surface area contributed by atoms with Crippen molar-refractivity contribution >= 4 is 23.6 Å². The number of anilines is 1. The molecule has 2 N–H and O–H groups in total. The molecule has 11 heteroatoms. The zero-order valence-corrected chi connectivity index (χ0v) is 14.7. The normalized spacial score (nSPS) is 11.0. The van der Waals surface area contributed by atoms with E-state index in [0.29, 0.717) is 5.69 Å². The van der Waals surface area contributed by atoms with E-state index in [0.717, 1.165) is 30.4 Å². The van der Waals surface area contributed by atoms with E-state index < -0.39 is 30.8 Å². The van der Waals surface area contributed by atoms with Crippen LogP contribution >= 0.6 is 0 Å². The summed E-state index contributed by atoms with van der Waals surface area (Å²) in [4.78, 5) is 27.4. The number of ether oxygens (including phenoxy) is 2. The van der Waals surface area contributed by atoms with Crippen LogP contribution in [0.3, 0.4) is 0 Å². The molecule has 0 spiro atoms. The molecule has 29 heavy (non-hydrogen) atoms. The van der Waals surface area contributed by atoms with Crippen molar-refractivity contribution in [1.29, 1.82) is 0 Å². The molecule has 0 fully saturated rings. The Balaban J connectivity index is 1.96. The zero-order chi connectivity index (χ0) is 21.2. The largest absolute Gasteiger partial charge is 0.435 e. The van der Waals surface area contributed by atoms with Crippen molar-refractivity contribution in [2.24, 2.45) is 0 Å². The number of benzene rings is 1. The van der Waals surface area contributed by atoms with E-state index in [1.807, 2.05) is 0 Å². The minimum atomic E-state index is -3.21. The van der Waals surface area contributed by atoms with E-state index in [1.54, 1.807) is 12.1 Å². The molecular weight excluding hydrogens is 398 g/mol. The molecule has 0 saturated heterocycles. The summed E-state index contributed by atoms with van der Waals surface area (Å²) >= 11 is 0. The lowest BCUT2D eigenvalue weighted by molar-refractivity contribution is -0.121. The number of pyridine rings is 1. The molecule has 0 aliphatic heterocycles. The van der Waals surface area contributed by atoms with Crippen molar-refractivity contribution in [2.45, 2.75) is 13.2 Å². The lowest BCUT2D eigenvalue weighted by Crippen LogP contribution is -2.31. The van der Waals surface area contributed by atoms with Crippen molar-refractivity contribution in [1.82, 2.24) is 10.3 Å². The van der Waals surface area contributed by atoms with Crippen molar-refractivity contribution in [3.63, 3.8) is 0 Å². The Labute approximate surface area is 162 Å². The molecule has 1 heterocycles. The molecular formula is C18H15F4N3O4. The molecule has 0 saturated carbocycles. The van der Waals surface area contributed by atoms with Gasteiger partial charge in [-0.2, -0.15) is 17.6 Å². The van der Waals surface area contributed by atoms with Gasteiger partial charge in [0.1, 0.15) is 11.5 Å². The standard InChI is InChI=1S/C18H15F4N3O4/c19-17(20)28-13-5-3-11(14(8-13)29-18(21)22)4-6-15(26)24-10-16(27)25-12-2-1-7-23-9-12/h1-9,17-18H,10H2,(H,24,26)(H,25,27)/b6-4+. The first-order valence-electron chi connectivity index (χ1n) is 8.03. The second-order valence-electron chi connectivity index (χ2n) is 5.30. The summed E-state index contributed by atoms with van der Waals surface area (Å²) in [5.41, 5.74) is 0.462. The molecule has 1 aromatic carbocycles. The topological polar surface area (TPSA) is 89.5 Å². The van der Waals surface area contributed by atoms with Crippen LogP contribution in [0, 0.1) is 0 Å². The summed E-state index contributed by atoms with van der Waals surface area (Å²) in [6.45, 7) is -6.70. The van der Waals surface area contributed by atoms with E-state index in [-0.39, 0.29) is 17.9 Å². The van der Waals surface area contributed by atoms with Crippen LogP contribution in [-0.2, 0) is 9.59 Å². The highest BCUT2D eigenvalue weighted by atomic mass is 19.3. The third kappa shape index (κ3) is 7.87. The van der Waals surface area contributed by atoms with Crippen molar-refractivity contribution in [3.8, 4) is 11.5 Å². The molecule has 2 aromatic rings. The van der Waals surface area contributed by atoms with Crippen LogP contribution in [0.2, 0.25) is 0 Å². The molecule has 0 aliphatic rings. The summed E-state index contributed by atoms with van der Waals surface area (Å²) in [5, 5.41) is 4.80. The maximum absolute atomic E-state index is 12.5. The molecule has 0 aliphatic carbocycles. The fourth-order valence-corrected chi connectivity index (χ4v) is 2.06. The number of rotatable bonds is 9. The molecule has 154 valence electrons. The van der Waals surface area contributed by atoms with Crippen LogP contribution in [0.5, 0.6) is 11.5 Å². The molecule has 0 atom stereocenters. The lowest BCUT2D eigenvalue weighted by atomic mass is 10.1. The number of aromatic nitrogens is 1. The fourth-order valence-electron chi connectivity index (χ4n) is 2.06. The second-order valence-corrected chi connectivity index (χ2v) is 5.30. The fraction of sp³-hybridized carbons (Fsp3) is 0.167. The quantitative estimate of drug-likeness (QED) is 0.487. The number of nitrogens with one attached hydrogen (secondary N) is 2. The highest BCUT2D eigenvalue weighted by Gasteiger charge is 2.12. The molecule has 0 radical (unpaired) electrons. The first kappa shape index (κ1) is 21.7. The minimum absolute atomic E-state index is 0.0156. The number of hydrogen-bond donors (Lipinski definition) is 2. The number of carbonyl (C=O) groups excluding carboxylic acids is 2. The first-order valence-corrected chi connectivity index (χ1v) is 8.03. The van der Waals surface area contributed by atoms with Gasteiger partial charge in [0, 0.05) is 23.9 Å². The summed E-state index contributed by atoms with van der Waals surface area (Å²) in [6, 6.07) is 6.33. The Hall–Kier alpha value is -3.63. The lowest BCUT2D eigenvalue weighted by Gasteiger charge is -2.11. The minimum Gasteiger partial charge on any atom is -0.435 e. The van der Waals surface area contributed by atoms with Gasteiger partial charge in [0.2, 0.25) is 11.8 Å². The number of carbonyl (C=O) groups is 2. The Bertz CT molecular complexity index is 863. The predicted molar refractivity (Wildman–Crippen MR) is 94.6 cm³/mol. The summed E-state index contributed by atoms with van der Waals surface area (Å²) < 4.78 is 57.9. The van der Waals surface area contributed by atoms with Gasteiger partial charge >= 0.3 is 13.2 Å². The Kier molecular flexibility index (Phi) is 7.95. The van der Waals surface area contributed by atoms with E-state index in [4.69, 9.17) is 0 Å². The van der Waals surface area contributed by atoms with Crippen LogP contribution in [-0.4, -0.2) is 36.6 Å². The van der Waals surface area contributed by atoms with Crippen LogP contribution in [0.1, 0.15) is 5.56 Å². The van der Waals surface area contributed by atoms with Crippen LogP contribution in [0.4, 0.5) is 23.2 Å². The number of nitrogens with zero attached hydrogens (tertiary/aromatic N) is 1. The number of amides is 2. The smallest absolute Gasteiger partial charge is 0.387 e. The maximum Gasteiger partial charge on any atom is 0.387 e. The molecule has 2 amide bonds. The first-order chi connectivity index (χ1) is 13.8. The van der Waals surface area contributed by atoms with Gasteiger partial charge in [-0.1, -0.05) is 0 Å². The Morgan fingerprint density at radius 2 is 1.86 bits per heavy atom. The van der Waals surface area contributed by atoms with Crippen molar-refractivity contribution in [2.75, 3.05) is 11.9 Å². The summed E-state index contributed by atoms with van der Waals surface area (Å²) in [5.74, 6) is -2.04. The molecule has 1 aromatic heterocycles. The van der Waals surface area contributed by atoms with Crippen molar-refractivity contribution in [3.05, 3.63) is 54.4 Å². The van der Waals surface area contributed by atoms with Gasteiger partial charge < -0.3 is 20.1 Å². The van der Waals surface area contributed by atoms with E-state index in [9.17, 15) is 27.2 Å². The third-order valence-corrected chi connectivity index (χ3v) is 3.21. The van der Waals surface area contributed by atoms with Crippen LogP contribution in [0.15, 0.2) is 48.8 Å². The molecule has 7 nitrogen and oxygen atoms in total. The van der Waals surface area contributed by atoms with Gasteiger partial charge in [0.15, 0.2) is 0 Å². The maximum atomic E-state index is 12.5. The Morgan fingerprint density at radius 3 is 2.52 bits per heavy atom. The third-order valence-electron chi connectivity index (χ3n) is 3.21. The molecule has 2 rings (SSSR count). The number of hydrogen-bond acceptors (Lipinski definition) is 5. The van der Waals surface area contributed by atoms with Crippen molar-refractivity contribution < 1.29 is 36.6 Å². The number of alkyl halides is 4. The summed E-state index contributed by atoms with van der Waals surface area (Å²) in [7, 11) is 0. The average molecular weight is 413 g/mol. The molecule has 0 unspecified atom stereocenters. The van der Waals surface area contributed by atoms with E-state index in [1.165, 1.54) is 12.4 Å². The van der Waals surface area contributed by atoms with E-state index >= 15 is 0 Å². The van der Waals surface area contributed by atoms with Gasteiger partial charge in [0.05, 0.1) is 18.4 Å². The average Bonchev–Trinajstić information content (AvgIpc) is 2.65. The van der Waals surface area contributed by atoms with Gasteiger partial charge in [-0.25, -0.2) is 0 Å². The molecule has 0 bridgehead atoms. The van der Waals surface area contributed by atoms with Gasteiger partial charge in [-0.3, -0.25) is 14.6 Å². The van der Waals surface area contributed by atoms with E-state index in [2.05, 4.69) is 25.1 Å². The SMILES string of the molecule is O=C(/C=C/c1ccc(OC(F)F)cc1OC(F)F)NCC(=O)Nc1cccnc1. The predicted octanol–water partition coefficient (Wildman–Crippen LogP) is 3.05. The number of halogens is 4. The van der Waals surface area contributed by atoms with Gasteiger partial charge in [0.25, 0.3) is 0 Å². The monoisotopic (exact) mass is 413 g/mol. The highest BCUT2D eigenvalue weighted by Crippen LogP contribution is 2.28. The van der Waals surface area contributed by atoms with Crippen LogP contribution < -0.4 is 20.1 Å². The summed E-state index contributed by atoms with van der Waals surface area (Å²) in [6.07, 6.45) is 5.04. The van der Waals surface area contributed by atoms with Gasteiger partial charge in [-0.15, -0.1) is 0 Å². The Morgan fingerprint density at radius 1 is 1.10 bits per heavy atom. The van der Waals surface area contributed by atoms with Crippen LogP contribution in [0.25, 0.3) is 6.08 Å². The van der Waals surface area contributed by atoms with Gasteiger partial charge in [-0.05, 0) is 30.3 Å². The second kappa shape index (κ2) is 10.6. The highest BCUT2D eigenvalue weighted by molar-refractivity contribution is 5.98. The zero-order valence-electron chi connectivity index (χ0n) is 14.7.